The normalized spacial score (nSPS) is 27.5. The zero-order valence-corrected chi connectivity index (χ0v) is 12.9. The number of benzene rings is 1. The minimum Gasteiger partial charge on any atom is -0.368 e. The number of hydrogen-bond donors (Lipinski definition) is 1. The molecule has 2 amide bonds. The highest BCUT2D eigenvalue weighted by Gasteiger charge is 2.47. The molecule has 1 aliphatic heterocycles. The molecule has 2 N–H and O–H groups in total. The van der Waals surface area contributed by atoms with Crippen LogP contribution in [0.5, 0.6) is 0 Å². The number of carbonyl (C=O) groups excluding carboxylic acids is 2. The van der Waals surface area contributed by atoms with Gasteiger partial charge in [-0.25, -0.2) is 4.39 Å². The predicted octanol–water partition coefficient (Wildman–Crippen LogP) is 2.74. The Morgan fingerprint density at radius 3 is 2.68 bits per heavy atom. The Bertz CT molecular complexity index is 622. The van der Waals surface area contributed by atoms with Gasteiger partial charge in [0.05, 0.1) is 5.56 Å². The van der Waals surface area contributed by atoms with Crippen molar-refractivity contribution in [3.8, 4) is 0 Å². The Hall–Kier alpha value is -1.62. The fraction of sp³-hybridized carbons (Fsp3) is 0.500. The monoisotopic (exact) mass is 324 g/mol. The first kappa shape index (κ1) is 15.3. The SMILES string of the molecule is NC(=O)[C@@H]1C[C@H]2CCCC[C@H]2N1C(=O)c1ccc(Cl)cc1F. The Labute approximate surface area is 133 Å². The van der Waals surface area contributed by atoms with E-state index < -0.39 is 23.7 Å². The number of likely N-dealkylation sites (tertiary alicyclic amines) is 1. The van der Waals surface area contributed by atoms with E-state index in [1.807, 2.05) is 0 Å². The predicted molar refractivity (Wildman–Crippen MR) is 80.9 cm³/mol. The first-order valence-electron chi connectivity index (χ1n) is 7.56. The summed E-state index contributed by atoms with van der Waals surface area (Å²) >= 11 is 5.73. The van der Waals surface area contributed by atoms with Crippen LogP contribution in [0.25, 0.3) is 0 Å². The summed E-state index contributed by atoms with van der Waals surface area (Å²) in [7, 11) is 0. The Morgan fingerprint density at radius 1 is 1.27 bits per heavy atom. The maximum Gasteiger partial charge on any atom is 0.257 e. The van der Waals surface area contributed by atoms with E-state index in [0.717, 1.165) is 31.7 Å². The fourth-order valence-corrected chi connectivity index (χ4v) is 3.97. The second-order valence-corrected chi connectivity index (χ2v) is 6.54. The van der Waals surface area contributed by atoms with Crippen LogP contribution in [0.15, 0.2) is 18.2 Å². The maximum atomic E-state index is 14.1. The Balaban J connectivity index is 1.95. The summed E-state index contributed by atoms with van der Waals surface area (Å²) in [6.45, 7) is 0. The van der Waals surface area contributed by atoms with Gasteiger partial charge >= 0.3 is 0 Å². The number of halogens is 2. The highest BCUT2D eigenvalue weighted by Crippen LogP contribution is 2.40. The van der Waals surface area contributed by atoms with E-state index in [2.05, 4.69) is 0 Å². The number of fused-ring (bicyclic) bond motifs is 1. The smallest absolute Gasteiger partial charge is 0.257 e. The number of primary amides is 1. The number of carbonyl (C=O) groups is 2. The second-order valence-electron chi connectivity index (χ2n) is 6.10. The Morgan fingerprint density at radius 2 is 2.00 bits per heavy atom. The summed E-state index contributed by atoms with van der Waals surface area (Å²) in [5, 5.41) is 0.234. The summed E-state index contributed by atoms with van der Waals surface area (Å²) in [5.74, 6) is -1.37. The summed E-state index contributed by atoms with van der Waals surface area (Å²) < 4.78 is 14.1. The molecule has 1 saturated heterocycles. The van der Waals surface area contributed by atoms with Crippen molar-refractivity contribution in [1.82, 2.24) is 4.90 Å². The summed E-state index contributed by atoms with van der Waals surface area (Å²) in [6, 6.07) is 3.30. The van der Waals surface area contributed by atoms with Crippen molar-refractivity contribution in [3.05, 3.63) is 34.6 Å². The lowest BCUT2D eigenvalue weighted by molar-refractivity contribution is -0.122. The van der Waals surface area contributed by atoms with Crippen molar-refractivity contribution in [1.29, 1.82) is 0 Å². The topological polar surface area (TPSA) is 63.4 Å². The molecule has 0 unspecified atom stereocenters. The van der Waals surface area contributed by atoms with Gasteiger partial charge in [-0.2, -0.15) is 0 Å². The first-order chi connectivity index (χ1) is 10.5. The van der Waals surface area contributed by atoms with Crippen LogP contribution in [0.2, 0.25) is 5.02 Å². The average Bonchev–Trinajstić information content (AvgIpc) is 2.86. The molecule has 0 aromatic heterocycles. The van der Waals surface area contributed by atoms with Crippen LogP contribution in [-0.2, 0) is 4.79 Å². The van der Waals surface area contributed by atoms with Crippen molar-refractivity contribution in [2.75, 3.05) is 0 Å². The van der Waals surface area contributed by atoms with Gasteiger partial charge in [0.1, 0.15) is 11.9 Å². The molecule has 0 radical (unpaired) electrons. The van der Waals surface area contributed by atoms with Gasteiger partial charge < -0.3 is 10.6 Å². The molecule has 1 heterocycles. The van der Waals surface area contributed by atoms with Gasteiger partial charge in [-0.05, 0) is 43.4 Å². The molecule has 22 heavy (non-hydrogen) atoms. The van der Waals surface area contributed by atoms with Crippen molar-refractivity contribution >= 4 is 23.4 Å². The molecule has 1 aromatic rings. The van der Waals surface area contributed by atoms with Gasteiger partial charge in [-0.15, -0.1) is 0 Å². The van der Waals surface area contributed by atoms with Crippen LogP contribution >= 0.6 is 11.6 Å². The Kier molecular flexibility index (Phi) is 4.08. The van der Waals surface area contributed by atoms with Crippen molar-refractivity contribution in [3.63, 3.8) is 0 Å². The highest BCUT2D eigenvalue weighted by atomic mass is 35.5. The lowest BCUT2D eigenvalue weighted by Crippen LogP contribution is -2.48. The number of hydrogen-bond acceptors (Lipinski definition) is 2. The number of amides is 2. The molecule has 1 aromatic carbocycles. The molecular weight excluding hydrogens is 307 g/mol. The molecule has 1 saturated carbocycles. The van der Waals surface area contributed by atoms with E-state index in [1.165, 1.54) is 17.0 Å². The summed E-state index contributed by atoms with van der Waals surface area (Å²) in [6.07, 6.45) is 4.53. The van der Waals surface area contributed by atoms with Crippen molar-refractivity contribution < 1.29 is 14.0 Å². The van der Waals surface area contributed by atoms with Gasteiger partial charge in [0.25, 0.3) is 5.91 Å². The number of rotatable bonds is 2. The first-order valence-corrected chi connectivity index (χ1v) is 7.94. The zero-order valence-electron chi connectivity index (χ0n) is 12.1. The molecule has 118 valence electrons. The minimum absolute atomic E-state index is 0.0196. The van der Waals surface area contributed by atoms with E-state index >= 15 is 0 Å². The minimum atomic E-state index is -0.667. The van der Waals surface area contributed by atoms with Crippen LogP contribution in [0, 0.1) is 11.7 Å². The molecule has 0 spiro atoms. The van der Waals surface area contributed by atoms with Crippen LogP contribution in [0.3, 0.4) is 0 Å². The lowest BCUT2D eigenvalue weighted by atomic mass is 9.84. The van der Waals surface area contributed by atoms with Gasteiger partial charge in [-0.1, -0.05) is 24.4 Å². The largest absolute Gasteiger partial charge is 0.368 e. The van der Waals surface area contributed by atoms with Crippen molar-refractivity contribution in [2.45, 2.75) is 44.2 Å². The van der Waals surface area contributed by atoms with Crippen molar-refractivity contribution in [2.24, 2.45) is 11.7 Å². The summed E-state index contributed by atoms with van der Waals surface area (Å²) in [4.78, 5) is 26.0. The molecule has 1 aliphatic carbocycles. The van der Waals surface area contributed by atoms with E-state index in [0.29, 0.717) is 6.42 Å². The molecule has 4 nitrogen and oxygen atoms in total. The van der Waals surface area contributed by atoms with Gasteiger partial charge in [0.2, 0.25) is 5.91 Å². The van der Waals surface area contributed by atoms with Crippen LogP contribution in [0.4, 0.5) is 4.39 Å². The molecule has 6 heteroatoms. The molecule has 2 fully saturated rings. The zero-order chi connectivity index (χ0) is 15.9. The van der Waals surface area contributed by atoms with E-state index in [4.69, 9.17) is 17.3 Å². The summed E-state index contributed by atoms with van der Waals surface area (Å²) in [5.41, 5.74) is 5.42. The maximum absolute atomic E-state index is 14.1. The van der Waals surface area contributed by atoms with E-state index in [9.17, 15) is 14.0 Å². The molecule has 2 aliphatic rings. The third-order valence-electron chi connectivity index (χ3n) is 4.81. The van der Waals surface area contributed by atoms with Gasteiger partial charge in [0.15, 0.2) is 0 Å². The van der Waals surface area contributed by atoms with Crippen LogP contribution in [0.1, 0.15) is 42.5 Å². The standard InChI is InChI=1S/C16H18ClFN2O2/c17-10-5-6-11(12(18)8-10)16(22)20-13-4-2-1-3-9(13)7-14(20)15(19)21/h5-6,8-9,13-14H,1-4,7H2,(H2,19,21)/t9-,13-,14+/m1/s1. The molecule has 0 bridgehead atoms. The molecule has 3 atom stereocenters. The average molecular weight is 325 g/mol. The quantitative estimate of drug-likeness (QED) is 0.909. The van der Waals surface area contributed by atoms with Gasteiger partial charge in [0, 0.05) is 11.1 Å². The number of nitrogens with zero attached hydrogens (tertiary/aromatic N) is 1. The van der Waals surface area contributed by atoms with E-state index in [-0.39, 0.29) is 22.5 Å². The number of nitrogens with two attached hydrogens (primary N) is 1. The molecule has 3 rings (SSSR count). The van der Waals surface area contributed by atoms with Crippen LogP contribution in [-0.4, -0.2) is 28.8 Å². The third-order valence-corrected chi connectivity index (χ3v) is 5.05. The van der Waals surface area contributed by atoms with Crippen LogP contribution < -0.4 is 5.73 Å². The van der Waals surface area contributed by atoms with E-state index in [1.54, 1.807) is 0 Å². The lowest BCUT2D eigenvalue weighted by Gasteiger charge is -2.33. The molecular formula is C16H18ClFN2O2. The fourth-order valence-electron chi connectivity index (χ4n) is 3.81. The highest BCUT2D eigenvalue weighted by molar-refractivity contribution is 6.30. The second kappa shape index (κ2) is 5.88. The third kappa shape index (κ3) is 2.58. The van der Waals surface area contributed by atoms with Gasteiger partial charge in [-0.3, -0.25) is 9.59 Å².